The van der Waals surface area contributed by atoms with Gasteiger partial charge in [-0.1, -0.05) is 11.6 Å². The lowest BCUT2D eigenvalue weighted by Gasteiger charge is -2.08. The van der Waals surface area contributed by atoms with Gasteiger partial charge in [-0.2, -0.15) is 0 Å². The molecule has 0 aliphatic carbocycles. The van der Waals surface area contributed by atoms with Crippen LogP contribution in [-0.2, 0) is 6.54 Å². The molecule has 0 radical (unpaired) electrons. The third kappa shape index (κ3) is 3.45. The number of amides is 1. The molecule has 0 atom stereocenters. The van der Waals surface area contributed by atoms with Gasteiger partial charge in [0, 0.05) is 23.7 Å². The van der Waals surface area contributed by atoms with Gasteiger partial charge in [0.05, 0.1) is 17.3 Å². The summed E-state index contributed by atoms with van der Waals surface area (Å²) >= 11 is 7.70. The Bertz CT molecular complexity index is 597. The molecule has 4 nitrogen and oxygen atoms in total. The third-order valence-electron chi connectivity index (χ3n) is 2.55. The first-order valence-electron chi connectivity index (χ1n) is 5.76. The largest absolute Gasteiger partial charge is 0.377 e. The fourth-order valence-electron chi connectivity index (χ4n) is 1.60. The molecule has 0 aliphatic rings. The summed E-state index contributed by atoms with van der Waals surface area (Å²) in [4.78, 5) is 15.9. The summed E-state index contributed by atoms with van der Waals surface area (Å²) in [7, 11) is 1.60. The monoisotopic (exact) mass is 295 g/mol. The van der Waals surface area contributed by atoms with Crippen molar-refractivity contribution < 1.29 is 4.79 Å². The number of halogens is 1. The number of hydrogen-bond acceptors (Lipinski definition) is 4. The number of carbonyl (C=O) groups excluding carboxylic acids is 1. The Hall–Kier alpha value is -1.59. The second-order valence-electron chi connectivity index (χ2n) is 4.01. The van der Waals surface area contributed by atoms with Crippen molar-refractivity contribution in [3.63, 3.8) is 0 Å². The molecule has 2 aromatic rings. The van der Waals surface area contributed by atoms with Gasteiger partial charge in [0.25, 0.3) is 5.91 Å². The van der Waals surface area contributed by atoms with Crippen LogP contribution in [0.1, 0.15) is 21.1 Å². The molecule has 19 heavy (non-hydrogen) atoms. The van der Waals surface area contributed by atoms with Crippen molar-refractivity contribution in [2.24, 2.45) is 0 Å². The van der Waals surface area contributed by atoms with E-state index in [2.05, 4.69) is 15.6 Å². The first kappa shape index (κ1) is 13.8. The van der Waals surface area contributed by atoms with Crippen molar-refractivity contribution in [1.82, 2.24) is 10.3 Å². The van der Waals surface area contributed by atoms with Gasteiger partial charge in [0.1, 0.15) is 5.01 Å². The number of rotatable bonds is 4. The van der Waals surface area contributed by atoms with Crippen molar-refractivity contribution in [2.45, 2.75) is 13.5 Å². The van der Waals surface area contributed by atoms with E-state index >= 15 is 0 Å². The molecule has 1 amide bonds. The molecular formula is C13H14ClN3OS. The number of thiazole rings is 1. The minimum absolute atomic E-state index is 0.134. The van der Waals surface area contributed by atoms with E-state index in [0.717, 1.165) is 16.4 Å². The van der Waals surface area contributed by atoms with E-state index in [1.807, 2.05) is 12.3 Å². The average molecular weight is 296 g/mol. The van der Waals surface area contributed by atoms with Gasteiger partial charge in [-0.05, 0) is 25.1 Å². The standard InChI is InChI=1S/C13H14ClN3OS/c1-8-7-19-12(17-8)6-16-11-5-9(13(18)15-2)3-4-10(11)14/h3-5,7,16H,6H2,1-2H3,(H,15,18). The Morgan fingerprint density at radius 1 is 1.47 bits per heavy atom. The average Bonchev–Trinajstić information content (AvgIpc) is 2.82. The van der Waals surface area contributed by atoms with Crippen LogP contribution in [0.15, 0.2) is 23.6 Å². The van der Waals surface area contributed by atoms with Gasteiger partial charge in [-0.3, -0.25) is 4.79 Å². The molecule has 0 saturated heterocycles. The van der Waals surface area contributed by atoms with Crippen LogP contribution in [0.25, 0.3) is 0 Å². The molecule has 0 aliphatic heterocycles. The molecule has 0 spiro atoms. The minimum atomic E-state index is -0.134. The van der Waals surface area contributed by atoms with Crippen LogP contribution in [-0.4, -0.2) is 17.9 Å². The highest BCUT2D eigenvalue weighted by atomic mass is 35.5. The lowest BCUT2D eigenvalue weighted by atomic mass is 10.2. The maximum Gasteiger partial charge on any atom is 0.251 e. The van der Waals surface area contributed by atoms with Crippen LogP contribution in [0.4, 0.5) is 5.69 Å². The van der Waals surface area contributed by atoms with E-state index in [1.165, 1.54) is 0 Å². The van der Waals surface area contributed by atoms with Crippen LogP contribution < -0.4 is 10.6 Å². The number of benzene rings is 1. The van der Waals surface area contributed by atoms with Gasteiger partial charge < -0.3 is 10.6 Å². The zero-order valence-electron chi connectivity index (χ0n) is 10.7. The fourth-order valence-corrected chi connectivity index (χ4v) is 2.50. The summed E-state index contributed by atoms with van der Waals surface area (Å²) in [5.41, 5.74) is 2.31. The number of nitrogens with zero attached hydrogens (tertiary/aromatic N) is 1. The van der Waals surface area contributed by atoms with Gasteiger partial charge >= 0.3 is 0 Å². The smallest absolute Gasteiger partial charge is 0.251 e. The number of nitrogens with one attached hydrogen (secondary N) is 2. The summed E-state index contributed by atoms with van der Waals surface area (Å²) in [5, 5.41) is 9.35. The number of anilines is 1. The molecule has 2 N–H and O–H groups in total. The van der Waals surface area contributed by atoms with E-state index < -0.39 is 0 Å². The predicted molar refractivity (Wildman–Crippen MR) is 79.0 cm³/mol. The molecule has 1 aromatic carbocycles. The topological polar surface area (TPSA) is 54.0 Å². The summed E-state index contributed by atoms with van der Waals surface area (Å²) in [6, 6.07) is 5.14. The van der Waals surface area contributed by atoms with Gasteiger partial charge in [0.2, 0.25) is 0 Å². The number of aromatic nitrogens is 1. The third-order valence-corrected chi connectivity index (χ3v) is 3.85. The second kappa shape index (κ2) is 6.04. The van der Waals surface area contributed by atoms with Gasteiger partial charge in [-0.25, -0.2) is 4.98 Å². The van der Waals surface area contributed by atoms with Gasteiger partial charge in [0.15, 0.2) is 0 Å². The number of hydrogen-bond donors (Lipinski definition) is 2. The summed E-state index contributed by atoms with van der Waals surface area (Å²) in [6.45, 7) is 2.55. The van der Waals surface area contributed by atoms with Crippen molar-refractivity contribution in [3.8, 4) is 0 Å². The van der Waals surface area contributed by atoms with Gasteiger partial charge in [-0.15, -0.1) is 11.3 Å². The minimum Gasteiger partial charge on any atom is -0.377 e. The Labute approximate surface area is 120 Å². The van der Waals surface area contributed by atoms with Crippen molar-refractivity contribution >= 4 is 34.5 Å². The zero-order chi connectivity index (χ0) is 13.8. The molecule has 0 fully saturated rings. The van der Waals surface area contributed by atoms with E-state index in [0.29, 0.717) is 17.1 Å². The van der Waals surface area contributed by atoms with Crippen molar-refractivity contribution in [1.29, 1.82) is 0 Å². The van der Waals surface area contributed by atoms with Crippen LogP contribution in [0, 0.1) is 6.92 Å². The van der Waals surface area contributed by atoms with E-state index in [9.17, 15) is 4.79 Å². The second-order valence-corrected chi connectivity index (χ2v) is 5.36. The summed E-state index contributed by atoms with van der Waals surface area (Å²) in [6.07, 6.45) is 0. The van der Waals surface area contributed by atoms with Crippen molar-refractivity contribution in [3.05, 3.63) is 44.9 Å². The lowest BCUT2D eigenvalue weighted by Crippen LogP contribution is -2.17. The Morgan fingerprint density at radius 2 is 2.26 bits per heavy atom. The molecule has 1 aromatic heterocycles. The Balaban J connectivity index is 2.12. The molecule has 2 rings (SSSR count). The quantitative estimate of drug-likeness (QED) is 0.911. The van der Waals surface area contributed by atoms with Crippen LogP contribution in [0.3, 0.4) is 0 Å². The summed E-state index contributed by atoms with van der Waals surface area (Å²) in [5.74, 6) is -0.134. The highest BCUT2D eigenvalue weighted by Crippen LogP contribution is 2.24. The Kier molecular flexibility index (Phi) is 4.39. The van der Waals surface area contributed by atoms with E-state index in [4.69, 9.17) is 11.6 Å². The van der Waals surface area contributed by atoms with E-state index in [-0.39, 0.29) is 5.91 Å². The van der Waals surface area contributed by atoms with E-state index in [1.54, 1.807) is 36.6 Å². The Morgan fingerprint density at radius 3 is 2.89 bits per heavy atom. The first-order valence-corrected chi connectivity index (χ1v) is 7.02. The number of aryl methyl sites for hydroxylation is 1. The van der Waals surface area contributed by atoms with Crippen LogP contribution in [0.2, 0.25) is 5.02 Å². The molecule has 6 heteroatoms. The van der Waals surface area contributed by atoms with Crippen LogP contribution in [0.5, 0.6) is 0 Å². The molecule has 1 heterocycles. The fraction of sp³-hybridized carbons (Fsp3) is 0.231. The normalized spacial score (nSPS) is 10.3. The molecule has 100 valence electrons. The molecular weight excluding hydrogens is 282 g/mol. The molecule has 0 bridgehead atoms. The highest BCUT2D eigenvalue weighted by Gasteiger charge is 2.08. The van der Waals surface area contributed by atoms with Crippen LogP contribution >= 0.6 is 22.9 Å². The molecule has 0 unspecified atom stereocenters. The summed E-state index contributed by atoms with van der Waals surface area (Å²) < 4.78 is 0. The molecule has 0 saturated carbocycles. The van der Waals surface area contributed by atoms with Crippen molar-refractivity contribution in [2.75, 3.05) is 12.4 Å². The zero-order valence-corrected chi connectivity index (χ0v) is 12.2. The first-order chi connectivity index (χ1) is 9.10. The number of carbonyl (C=O) groups is 1. The maximum absolute atomic E-state index is 11.6. The maximum atomic E-state index is 11.6. The lowest BCUT2D eigenvalue weighted by molar-refractivity contribution is 0.0963. The SMILES string of the molecule is CNC(=O)c1ccc(Cl)c(NCc2nc(C)cs2)c1. The predicted octanol–water partition coefficient (Wildman–Crippen LogP) is 3.08. The highest BCUT2D eigenvalue weighted by molar-refractivity contribution is 7.09.